The van der Waals surface area contributed by atoms with Crippen LogP contribution in [0.5, 0.6) is 0 Å². The van der Waals surface area contributed by atoms with Crippen LogP contribution in [0.15, 0.2) is 0 Å². The molecule has 1 fully saturated rings. The highest BCUT2D eigenvalue weighted by molar-refractivity contribution is 5.76. The van der Waals surface area contributed by atoms with E-state index in [1.807, 2.05) is 0 Å². The van der Waals surface area contributed by atoms with Crippen molar-refractivity contribution in [3.05, 3.63) is 0 Å². The van der Waals surface area contributed by atoms with Gasteiger partial charge in [0.25, 0.3) is 0 Å². The maximum absolute atomic E-state index is 11.9. The third kappa shape index (κ3) is 4.12. The Morgan fingerprint density at radius 3 is 2.00 bits per heavy atom. The molecule has 0 N–H and O–H groups in total. The molecule has 82 valence electrons. The second kappa shape index (κ2) is 4.81. The van der Waals surface area contributed by atoms with Crippen LogP contribution in [0.3, 0.4) is 0 Å². The van der Waals surface area contributed by atoms with E-state index in [9.17, 15) is 4.79 Å². The van der Waals surface area contributed by atoms with Crippen LogP contribution >= 0.6 is 0 Å². The molecule has 1 aliphatic rings. The summed E-state index contributed by atoms with van der Waals surface area (Å²) >= 11 is 0. The second-order valence-corrected chi connectivity index (χ2v) is 5.53. The van der Waals surface area contributed by atoms with Crippen molar-refractivity contribution < 1.29 is 4.79 Å². The van der Waals surface area contributed by atoms with Crippen molar-refractivity contribution in [1.82, 2.24) is 4.90 Å². The largest absolute Gasteiger partial charge is 0.343 e. The molecule has 0 saturated carbocycles. The van der Waals surface area contributed by atoms with E-state index in [1.54, 1.807) is 0 Å². The van der Waals surface area contributed by atoms with Gasteiger partial charge in [0.15, 0.2) is 0 Å². The Labute approximate surface area is 87.7 Å². The van der Waals surface area contributed by atoms with Crippen LogP contribution in [0, 0.1) is 5.41 Å². The van der Waals surface area contributed by atoms with Gasteiger partial charge in [-0.1, -0.05) is 33.6 Å². The molecule has 0 bridgehead atoms. The third-order valence-corrected chi connectivity index (χ3v) is 2.64. The average molecular weight is 197 g/mol. The van der Waals surface area contributed by atoms with E-state index in [0.717, 1.165) is 13.1 Å². The highest BCUT2D eigenvalue weighted by Crippen LogP contribution is 2.21. The van der Waals surface area contributed by atoms with Crippen molar-refractivity contribution in [1.29, 1.82) is 0 Å². The smallest absolute Gasteiger partial charge is 0.223 e. The molecule has 2 heteroatoms. The van der Waals surface area contributed by atoms with Gasteiger partial charge in [-0.2, -0.15) is 0 Å². The van der Waals surface area contributed by atoms with Gasteiger partial charge in [-0.25, -0.2) is 0 Å². The first-order valence-electron chi connectivity index (χ1n) is 5.77. The molecule has 0 aromatic heterocycles. The summed E-state index contributed by atoms with van der Waals surface area (Å²) in [6.07, 6.45) is 5.65. The maximum atomic E-state index is 11.9. The normalized spacial score (nSPS) is 19.2. The molecule has 0 aromatic carbocycles. The fourth-order valence-electron chi connectivity index (χ4n) is 1.89. The van der Waals surface area contributed by atoms with Gasteiger partial charge in [0.1, 0.15) is 0 Å². The van der Waals surface area contributed by atoms with Crippen molar-refractivity contribution in [2.24, 2.45) is 5.41 Å². The zero-order chi connectivity index (χ0) is 10.6. The van der Waals surface area contributed by atoms with E-state index in [2.05, 4.69) is 25.7 Å². The predicted octanol–water partition coefficient (Wildman–Crippen LogP) is 2.83. The molecular weight excluding hydrogens is 174 g/mol. The number of nitrogens with zero attached hydrogens (tertiary/aromatic N) is 1. The van der Waals surface area contributed by atoms with E-state index in [-0.39, 0.29) is 5.41 Å². The summed E-state index contributed by atoms with van der Waals surface area (Å²) in [7, 11) is 0. The van der Waals surface area contributed by atoms with Crippen LogP contribution in [0.1, 0.15) is 52.9 Å². The summed E-state index contributed by atoms with van der Waals surface area (Å²) in [4.78, 5) is 13.9. The minimum Gasteiger partial charge on any atom is -0.343 e. The van der Waals surface area contributed by atoms with Crippen molar-refractivity contribution in [2.75, 3.05) is 13.1 Å². The van der Waals surface area contributed by atoms with Crippen LogP contribution in [0.4, 0.5) is 0 Å². The second-order valence-electron chi connectivity index (χ2n) is 5.53. The van der Waals surface area contributed by atoms with Gasteiger partial charge in [-0.15, -0.1) is 0 Å². The molecule has 1 rings (SSSR count). The zero-order valence-corrected chi connectivity index (χ0v) is 9.81. The molecule has 1 saturated heterocycles. The molecule has 0 radical (unpaired) electrons. The van der Waals surface area contributed by atoms with Gasteiger partial charge >= 0.3 is 0 Å². The summed E-state index contributed by atoms with van der Waals surface area (Å²) in [5, 5.41) is 0. The highest BCUT2D eigenvalue weighted by Gasteiger charge is 2.21. The van der Waals surface area contributed by atoms with E-state index in [0.29, 0.717) is 12.3 Å². The van der Waals surface area contributed by atoms with Crippen LogP contribution in [-0.4, -0.2) is 23.9 Å². The lowest BCUT2D eigenvalue weighted by atomic mass is 9.91. The van der Waals surface area contributed by atoms with Crippen molar-refractivity contribution in [3.63, 3.8) is 0 Å². The molecule has 1 aliphatic heterocycles. The van der Waals surface area contributed by atoms with Crippen LogP contribution in [0.25, 0.3) is 0 Å². The topological polar surface area (TPSA) is 20.3 Å². The lowest BCUT2D eigenvalue weighted by Crippen LogP contribution is -2.34. The molecule has 2 nitrogen and oxygen atoms in total. The fourth-order valence-corrected chi connectivity index (χ4v) is 1.89. The predicted molar refractivity (Wildman–Crippen MR) is 59.1 cm³/mol. The van der Waals surface area contributed by atoms with Gasteiger partial charge < -0.3 is 4.90 Å². The Hall–Kier alpha value is -0.530. The summed E-state index contributed by atoms with van der Waals surface area (Å²) in [5.74, 6) is 0.347. The van der Waals surface area contributed by atoms with Crippen LogP contribution in [0.2, 0.25) is 0 Å². The molecule has 0 atom stereocenters. The minimum atomic E-state index is 0.128. The number of amides is 1. The van der Waals surface area contributed by atoms with Crippen molar-refractivity contribution in [2.45, 2.75) is 52.9 Å². The Morgan fingerprint density at radius 2 is 1.57 bits per heavy atom. The molecule has 1 amide bonds. The Kier molecular flexibility index (Phi) is 3.97. The number of likely N-dealkylation sites (tertiary alicyclic amines) is 1. The fraction of sp³-hybridized carbons (Fsp3) is 0.917. The Morgan fingerprint density at radius 1 is 1.07 bits per heavy atom. The minimum absolute atomic E-state index is 0.128. The molecule has 0 spiro atoms. The van der Waals surface area contributed by atoms with Gasteiger partial charge in [0.2, 0.25) is 5.91 Å². The molecule has 0 unspecified atom stereocenters. The van der Waals surface area contributed by atoms with E-state index < -0.39 is 0 Å². The Balaban J connectivity index is 2.42. The van der Waals surface area contributed by atoms with Crippen molar-refractivity contribution in [3.8, 4) is 0 Å². The number of hydrogen-bond acceptors (Lipinski definition) is 1. The molecule has 14 heavy (non-hydrogen) atoms. The van der Waals surface area contributed by atoms with Gasteiger partial charge in [0.05, 0.1) is 0 Å². The number of hydrogen-bond donors (Lipinski definition) is 0. The number of carbonyl (C=O) groups excluding carboxylic acids is 1. The Bertz CT molecular complexity index is 185. The van der Waals surface area contributed by atoms with Crippen molar-refractivity contribution >= 4 is 5.91 Å². The number of rotatable bonds is 1. The molecule has 0 aromatic rings. The lowest BCUT2D eigenvalue weighted by Gasteiger charge is -2.25. The standard InChI is InChI=1S/C12H23NO/c1-12(2,3)10-11(14)13-8-6-4-5-7-9-13/h4-10H2,1-3H3. The summed E-state index contributed by atoms with van der Waals surface area (Å²) in [5.41, 5.74) is 0.128. The first-order chi connectivity index (χ1) is 6.49. The van der Waals surface area contributed by atoms with Gasteiger partial charge in [0, 0.05) is 19.5 Å². The third-order valence-electron chi connectivity index (χ3n) is 2.64. The average Bonchev–Trinajstić information content (AvgIpc) is 2.27. The maximum Gasteiger partial charge on any atom is 0.223 e. The first kappa shape index (κ1) is 11.5. The van der Waals surface area contributed by atoms with E-state index >= 15 is 0 Å². The first-order valence-corrected chi connectivity index (χ1v) is 5.77. The van der Waals surface area contributed by atoms with Gasteiger partial charge in [-0.3, -0.25) is 4.79 Å². The lowest BCUT2D eigenvalue weighted by molar-refractivity contribution is -0.133. The quantitative estimate of drug-likeness (QED) is 0.633. The summed E-state index contributed by atoms with van der Waals surface area (Å²) in [6, 6.07) is 0. The highest BCUT2D eigenvalue weighted by atomic mass is 16.2. The van der Waals surface area contributed by atoms with E-state index in [1.165, 1.54) is 25.7 Å². The van der Waals surface area contributed by atoms with Crippen LogP contribution < -0.4 is 0 Å². The summed E-state index contributed by atoms with van der Waals surface area (Å²) in [6.45, 7) is 8.35. The van der Waals surface area contributed by atoms with Gasteiger partial charge in [-0.05, 0) is 18.3 Å². The molecular formula is C12H23NO. The summed E-state index contributed by atoms with van der Waals surface area (Å²) < 4.78 is 0. The number of carbonyl (C=O) groups is 1. The van der Waals surface area contributed by atoms with E-state index in [4.69, 9.17) is 0 Å². The molecule has 1 heterocycles. The zero-order valence-electron chi connectivity index (χ0n) is 9.81. The van der Waals surface area contributed by atoms with Crippen LogP contribution in [-0.2, 0) is 4.79 Å². The molecule has 0 aliphatic carbocycles. The SMILES string of the molecule is CC(C)(C)CC(=O)N1CCCCCC1. The monoisotopic (exact) mass is 197 g/mol.